The normalized spacial score (nSPS) is 23.7. The van der Waals surface area contributed by atoms with Gasteiger partial charge in [0.15, 0.2) is 6.04 Å². The quantitative estimate of drug-likeness (QED) is 0.908. The monoisotopic (exact) mass is 323 g/mol. The number of rotatable bonds is 2. The Balaban J connectivity index is 1.95. The van der Waals surface area contributed by atoms with Crippen LogP contribution in [0.4, 0.5) is 0 Å². The van der Waals surface area contributed by atoms with Crippen LogP contribution in [-0.4, -0.2) is 40.3 Å². The summed E-state index contributed by atoms with van der Waals surface area (Å²) in [5, 5.41) is 9.98. The van der Waals surface area contributed by atoms with Crippen molar-refractivity contribution in [1.29, 1.82) is 0 Å². The van der Waals surface area contributed by atoms with Crippen molar-refractivity contribution in [3.63, 3.8) is 0 Å². The van der Waals surface area contributed by atoms with Gasteiger partial charge in [0.05, 0.1) is 6.61 Å². The Bertz CT molecular complexity index is 580. The number of carbonyl (C=O) groups excluding carboxylic acids is 1. The molecule has 1 N–H and O–H groups in total. The molecule has 118 valence electrons. The minimum absolute atomic E-state index is 0.0503. The van der Waals surface area contributed by atoms with Gasteiger partial charge >= 0.3 is 5.97 Å². The molecule has 6 heteroatoms. The van der Waals surface area contributed by atoms with Crippen molar-refractivity contribution in [2.45, 2.75) is 43.9 Å². The van der Waals surface area contributed by atoms with Crippen molar-refractivity contribution >= 4 is 23.5 Å². The summed E-state index contributed by atoms with van der Waals surface area (Å²) in [6, 6.07) is 5.59. The number of carbonyl (C=O) groups is 2. The highest BCUT2D eigenvalue weighted by atomic mass is 35.5. The molecule has 1 aliphatic carbocycles. The van der Waals surface area contributed by atoms with Crippen LogP contribution < -0.4 is 0 Å². The number of hydrogen-bond acceptors (Lipinski definition) is 3. The van der Waals surface area contributed by atoms with E-state index in [1.54, 1.807) is 24.3 Å². The summed E-state index contributed by atoms with van der Waals surface area (Å²) in [5.41, 5.74) is -0.330. The predicted octanol–water partition coefficient (Wildman–Crippen LogP) is 2.93. The lowest BCUT2D eigenvalue weighted by Crippen LogP contribution is -2.54. The minimum atomic E-state index is -1.02. The van der Waals surface area contributed by atoms with E-state index >= 15 is 0 Å². The van der Waals surface area contributed by atoms with Crippen LogP contribution in [0, 0.1) is 0 Å². The van der Waals surface area contributed by atoms with Crippen molar-refractivity contribution < 1.29 is 19.4 Å². The fourth-order valence-electron chi connectivity index (χ4n) is 3.39. The van der Waals surface area contributed by atoms with E-state index in [0.29, 0.717) is 23.4 Å². The van der Waals surface area contributed by atoms with Crippen molar-refractivity contribution in [3.8, 4) is 0 Å². The fourth-order valence-corrected chi connectivity index (χ4v) is 3.52. The Morgan fingerprint density at radius 1 is 1.18 bits per heavy atom. The van der Waals surface area contributed by atoms with E-state index < -0.39 is 17.7 Å². The maximum atomic E-state index is 12.9. The van der Waals surface area contributed by atoms with Gasteiger partial charge < -0.3 is 9.84 Å². The first kappa shape index (κ1) is 15.3. The summed E-state index contributed by atoms with van der Waals surface area (Å²) in [6.45, 7) is 0.0503. The van der Waals surface area contributed by atoms with Crippen LogP contribution in [0.3, 0.4) is 0 Å². The van der Waals surface area contributed by atoms with Gasteiger partial charge in [-0.05, 0) is 49.9 Å². The van der Waals surface area contributed by atoms with Gasteiger partial charge in [0.2, 0.25) is 0 Å². The largest absolute Gasteiger partial charge is 0.480 e. The van der Waals surface area contributed by atoms with E-state index in [1.807, 2.05) is 0 Å². The lowest BCUT2D eigenvalue weighted by Gasteiger charge is -2.41. The molecule has 0 unspecified atom stereocenters. The van der Waals surface area contributed by atoms with Crippen LogP contribution in [-0.2, 0) is 9.53 Å². The summed E-state index contributed by atoms with van der Waals surface area (Å²) in [7, 11) is 0. The van der Waals surface area contributed by atoms with Crippen LogP contribution in [0.15, 0.2) is 24.3 Å². The van der Waals surface area contributed by atoms with Crippen molar-refractivity contribution in [3.05, 3.63) is 34.9 Å². The summed E-state index contributed by atoms with van der Waals surface area (Å²) in [5.74, 6) is -1.33. The molecule has 1 amide bonds. The van der Waals surface area contributed by atoms with Crippen LogP contribution in [0.5, 0.6) is 0 Å². The molecule has 22 heavy (non-hydrogen) atoms. The highest BCUT2D eigenvalue weighted by molar-refractivity contribution is 6.30. The number of halogens is 1. The van der Waals surface area contributed by atoms with Gasteiger partial charge in [-0.3, -0.25) is 9.69 Å². The minimum Gasteiger partial charge on any atom is -0.480 e. The zero-order valence-corrected chi connectivity index (χ0v) is 12.9. The Kier molecular flexibility index (Phi) is 4.10. The maximum absolute atomic E-state index is 12.9. The average molecular weight is 324 g/mol. The van der Waals surface area contributed by atoms with Gasteiger partial charge in [0, 0.05) is 10.6 Å². The molecule has 2 aliphatic rings. The van der Waals surface area contributed by atoms with Crippen LogP contribution in [0.2, 0.25) is 5.02 Å². The zero-order chi connectivity index (χ0) is 15.7. The second-order valence-corrected chi connectivity index (χ2v) is 6.29. The lowest BCUT2D eigenvalue weighted by atomic mass is 9.89. The molecule has 2 fully saturated rings. The van der Waals surface area contributed by atoms with Crippen molar-refractivity contribution in [1.82, 2.24) is 4.90 Å². The number of benzene rings is 1. The topological polar surface area (TPSA) is 66.8 Å². The Morgan fingerprint density at radius 2 is 1.82 bits per heavy atom. The molecule has 0 radical (unpaired) electrons. The highest BCUT2D eigenvalue weighted by Crippen LogP contribution is 2.41. The van der Waals surface area contributed by atoms with Gasteiger partial charge in [0.25, 0.3) is 5.91 Å². The summed E-state index contributed by atoms with van der Waals surface area (Å²) >= 11 is 5.85. The van der Waals surface area contributed by atoms with Crippen LogP contribution >= 0.6 is 11.6 Å². The molecule has 0 aromatic heterocycles. The number of hydrogen-bond donors (Lipinski definition) is 1. The maximum Gasteiger partial charge on any atom is 0.328 e. The van der Waals surface area contributed by atoms with Gasteiger partial charge in [0.1, 0.15) is 5.72 Å². The number of ether oxygens (including phenoxy) is 1. The molecule has 5 nitrogen and oxygen atoms in total. The SMILES string of the molecule is O=C(O)[C@@H]1COC2(CCCCC2)N1C(=O)c1ccc(Cl)cc1. The molecule has 1 aromatic carbocycles. The Morgan fingerprint density at radius 3 is 2.41 bits per heavy atom. The molecule has 3 rings (SSSR count). The van der Waals surface area contributed by atoms with Gasteiger partial charge in [-0.15, -0.1) is 0 Å². The standard InChI is InChI=1S/C16H18ClNO4/c17-12-6-4-11(5-7-12)14(19)18-13(15(20)21)10-22-16(18)8-2-1-3-9-16/h4-7,13H,1-3,8-10H2,(H,20,21)/t13-/m0/s1. The first-order chi connectivity index (χ1) is 10.5. The van der Waals surface area contributed by atoms with Crippen molar-refractivity contribution in [2.24, 2.45) is 0 Å². The average Bonchev–Trinajstić information content (AvgIpc) is 2.87. The molecule has 1 heterocycles. The molecular weight excluding hydrogens is 306 g/mol. The summed E-state index contributed by atoms with van der Waals surface area (Å²) in [6.07, 6.45) is 4.35. The van der Waals surface area contributed by atoms with E-state index in [4.69, 9.17) is 16.3 Å². The number of nitrogens with zero attached hydrogens (tertiary/aromatic N) is 1. The van der Waals surface area contributed by atoms with E-state index in [0.717, 1.165) is 19.3 Å². The first-order valence-corrected chi connectivity index (χ1v) is 7.87. The first-order valence-electron chi connectivity index (χ1n) is 7.49. The van der Waals surface area contributed by atoms with Gasteiger partial charge in [-0.25, -0.2) is 4.79 Å². The molecule has 1 aromatic rings. The fraction of sp³-hybridized carbons (Fsp3) is 0.500. The third kappa shape index (κ3) is 2.59. The molecule has 1 atom stereocenters. The molecule has 1 aliphatic heterocycles. The van der Waals surface area contributed by atoms with E-state index in [2.05, 4.69) is 0 Å². The predicted molar refractivity (Wildman–Crippen MR) is 80.8 cm³/mol. The molecule has 1 spiro atoms. The van der Waals surface area contributed by atoms with Crippen molar-refractivity contribution in [2.75, 3.05) is 6.61 Å². The number of carboxylic acid groups (broad SMARTS) is 1. The van der Waals surface area contributed by atoms with E-state index in [9.17, 15) is 14.7 Å². The second-order valence-electron chi connectivity index (χ2n) is 5.85. The number of aliphatic carboxylic acids is 1. The Hall–Kier alpha value is -1.59. The smallest absolute Gasteiger partial charge is 0.328 e. The summed E-state index contributed by atoms with van der Waals surface area (Å²) < 4.78 is 5.83. The van der Waals surface area contributed by atoms with E-state index in [1.165, 1.54) is 4.90 Å². The molecular formula is C16H18ClNO4. The number of amides is 1. The summed E-state index contributed by atoms with van der Waals surface area (Å²) in [4.78, 5) is 25.9. The van der Waals surface area contributed by atoms with Crippen LogP contribution in [0.25, 0.3) is 0 Å². The third-order valence-corrected chi connectivity index (χ3v) is 4.74. The molecule has 1 saturated carbocycles. The van der Waals surface area contributed by atoms with Crippen LogP contribution in [0.1, 0.15) is 42.5 Å². The van der Waals surface area contributed by atoms with Gasteiger partial charge in [-0.1, -0.05) is 18.0 Å². The van der Waals surface area contributed by atoms with E-state index in [-0.39, 0.29) is 12.5 Å². The zero-order valence-electron chi connectivity index (χ0n) is 12.1. The molecule has 1 saturated heterocycles. The third-order valence-electron chi connectivity index (χ3n) is 4.49. The van der Waals surface area contributed by atoms with Gasteiger partial charge in [-0.2, -0.15) is 0 Å². The Labute approximate surface area is 133 Å². The highest BCUT2D eigenvalue weighted by Gasteiger charge is 2.53. The molecule has 0 bridgehead atoms. The second kappa shape index (κ2) is 5.89. The number of carboxylic acids is 1. The lowest BCUT2D eigenvalue weighted by molar-refractivity contribution is -0.143.